The number of anilines is 1. The first kappa shape index (κ1) is 17.9. The minimum Gasteiger partial charge on any atom is -0.444 e. The van der Waals surface area contributed by atoms with Gasteiger partial charge in [-0.05, 0) is 82.6 Å². The van der Waals surface area contributed by atoms with Gasteiger partial charge in [-0.3, -0.25) is 0 Å². The van der Waals surface area contributed by atoms with Gasteiger partial charge in [-0.15, -0.1) is 0 Å². The summed E-state index contributed by atoms with van der Waals surface area (Å²) in [7, 11) is 0. The van der Waals surface area contributed by atoms with Crippen LogP contribution in [0.25, 0.3) is 0 Å². The van der Waals surface area contributed by atoms with Crippen LogP contribution in [0.5, 0.6) is 0 Å². The Balaban J connectivity index is 1.80. The highest BCUT2D eigenvalue weighted by Crippen LogP contribution is 2.30. The lowest BCUT2D eigenvalue weighted by atomic mass is 9.82. The fraction of sp³-hybridized carbons (Fsp3) is 0.611. The van der Waals surface area contributed by atoms with Gasteiger partial charge in [0.05, 0.1) is 0 Å². The van der Waals surface area contributed by atoms with Gasteiger partial charge in [-0.1, -0.05) is 11.6 Å². The first-order chi connectivity index (χ1) is 10.7. The Hall–Kier alpha value is -1.42. The second kappa shape index (κ2) is 7.43. The lowest BCUT2D eigenvalue weighted by Crippen LogP contribution is -2.41. The topological polar surface area (TPSA) is 64.3 Å². The average Bonchev–Trinajstić information content (AvgIpc) is 2.43. The van der Waals surface area contributed by atoms with Crippen LogP contribution in [0.2, 0.25) is 5.02 Å². The molecule has 1 fully saturated rings. The molecular formula is C18H27ClN2O2. The maximum Gasteiger partial charge on any atom is 0.407 e. The average molecular weight is 339 g/mol. The lowest BCUT2D eigenvalue weighted by Gasteiger charge is -2.30. The van der Waals surface area contributed by atoms with Crippen molar-refractivity contribution in [2.24, 2.45) is 5.92 Å². The fourth-order valence-corrected chi connectivity index (χ4v) is 3.24. The number of hydrogen-bond donors (Lipinski definition) is 2. The number of rotatable bonds is 3. The fourth-order valence-electron chi connectivity index (χ4n) is 3.05. The van der Waals surface area contributed by atoms with Crippen molar-refractivity contribution in [3.8, 4) is 0 Å². The van der Waals surface area contributed by atoms with Gasteiger partial charge in [0.25, 0.3) is 0 Å². The molecule has 4 nitrogen and oxygen atoms in total. The monoisotopic (exact) mass is 338 g/mol. The van der Waals surface area contributed by atoms with E-state index in [2.05, 4.69) is 5.32 Å². The number of ether oxygens (including phenoxy) is 1. The van der Waals surface area contributed by atoms with Gasteiger partial charge in [0.2, 0.25) is 0 Å². The van der Waals surface area contributed by atoms with Gasteiger partial charge < -0.3 is 15.8 Å². The number of halogens is 1. The molecule has 0 aromatic heterocycles. The summed E-state index contributed by atoms with van der Waals surface area (Å²) in [5.74, 6) is 0.590. The molecule has 1 aromatic carbocycles. The van der Waals surface area contributed by atoms with E-state index in [1.807, 2.05) is 39.0 Å². The number of carbonyl (C=O) groups is 1. The van der Waals surface area contributed by atoms with Crippen LogP contribution in [0, 0.1) is 5.92 Å². The molecule has 0 unspecified atom stereocenters. The standard InChI is InChI=1S/C18H27ClN2O2/c1-18(2,3)23-17(22)21-15-7-4-12(5-8-15)10-13-11-14(19)6-9-16(13)20/h6,9,11-12,15H,4-5,7-8,10,20H2,1-3H3,(H,21,22). The molecule has 23 heavy (non-hydrogen) atoms. The minimum atomic E-state index is -0.453. The predicted molar refractivity (Wildman–Crippen MR) is 94.7 cm³/mol. The molecule has 0 atom stereocenters. The van der Waals surface area contributed by atoms with Gasteiger partial charge in [0.1, 0.15) is 5.60 Å². The Kier molecular flexibility index (Phi) is 5.79. The van der Waals surface area contributed by atoms with Crippen LogP contribution in [0.15, 0.2) is 18.2 Å². The summed E-state index contributed by atoms with van der Waals surface area (Å²) in [4.78, 5) is 11.8. The van der Waals surface area contributed by atoms with Crippen molar-refractivity contribution in [2.45, 2.75) is 64.5 Å². The Morgan fingerprint density at radius 3 is 2.57 bits per heavy atom. The highest BCUT2D eigenvalue weighted by atomic mass is 35.5. The van der Waals surface area contributed by atoms with Crippen molar-refractivity contribution in [3.63, 3.8) is 0 Å². The molecule has 0 aliphatic heterocycles. The maximum absolute atomic E-state index is 11.8. The molecule has 0 heterocycles. The van der Waals surface area contributed by atoms with E-state index in [4.69, 9.17) is 22.1 Å². The normalized spacial score (nSPS) is 21.7. The van der Waals surface area contributed by atoms with Gasteiger partial charge in [-0.25, -0.2) is 4.79 Å². The second-order valence-electron chi connectivity index (χ2n) is 7.41. The molecule has 1 aromatic rings. The summed E-state index contributed by atoms with van der Waals surface area (Å²) in [6.45, 7) is 5.62. The molecule has 1 aliphatic carbocycles. The Labute approximate surface area is 143 Å². The third-order valence-corrected chi connectivity index (χ3v) is 4.42. The molecule has 0 saturated heterocycles. The number of amides is 1. The third kappa shape index (κ3) is 5.94. The zero-order chi connectivity index (χ0) is 17.0. The van der Waals surface area contributed by atoms with E-state index in [0.717, 1.165) is 48.4 Å². The lowest BCUT2D eigenvalue weighted by molar-refractivity contribution is 0.0487. The van der Waals surface area contributed by atoms with Crippen LogP contribution in [0.1, 0.15) is 52.0 Å². The number of nitrogens with two attached hydrogens (primary N) is 1. The van der Waals surface area contributed by atoms with Crippen molar-refractivity contribution in [1.29, 1.82) is 0 Å². The Morgan fingerprint density at radius 1 is 1.30 bits per heavy atom. The summed E-state index contributed by atoms with van der Waals surface area (Å²) in [5, 5.41) is 3.70. The number of carbonyl (C=O) groups excluding carboxylic acids is 1. The number of nitrogen functional groups attached to an aromatic ring is 1. The third-order valence-electron chi connectivity index (χ3n) is 4.18. The van der Waals surface area contributed by atoms with Crippen LogP contribution < -0.4 is 11.1 Å². The van der Waals surface area contributed by atoms with Crippen molar-refractivity contribution >= 4 is 23.4 Å². The smallest absolute Gasteiger partial charge is 0.407 e. The molecule has 1 amide bonds. The predicted octanol–water partition coefficient (Wildman–Crippen LogP) is 4.55. The van der Waals surface area contributed by atoms with Crippen LogP contribution in [-0.4, -0.2) is 17.7 Å². The van der Waals surface area contributed by atoms with Crippen LogP contribution >= 0.6 is 11.6 Å². The van der Waals surface area contributed by atoms with E-state index in [0.29, 0.717) is 5.92 Å². The quantitative estimate of drug-likeness (QED) is 0.795. The van der Waals surface area contributed by atoms with Gasteiger partial charge in [0, 0.05) is 16.8 Å². The van der Waals surface area contributed by atoms with Crippen molar-refractivity contribution < 1.29 is 9.53 Å². The summed E-state index contributed by atoms with van der Waals surface area (Å²) < 4.78 is 5.31. The van der Waals surface area contributed by atoms with E-state index in [1.54, 1.807) is 0 Å². The highest BCUT2D eigenvalue weighted by Gasteiger charge is 2.25. The largest absolute Gasteiger partial charge is 0.444 e. The maximum atomic E-state index is 11.8. The molecule has 0 spiro atoms. The number of benzene rings is 1. The van der Waals surface area contributed by atoms with E-state index >= 15 is 0 Å². The number of nitrogens with one attached hydrogen (secondary N) is 1. The van der Waals surface area contributed by atoms with Crippen LogP contribution in [0.4, 0.5) is 10.5 Å². The van der Waals surface area contributed by atoms with Crippen LogP contribution in [0.3, 0.4) is 0 Å². The van der Waals surface area contributed by atoms with Crippen molar-refractivity contribution in [2.75, 3.05) is 5.73 Å². The number of hydrogen-bond acceptors (Lipinski definition) is 3. The van der Waals surface area contributed by atoms with Crippen molar-refractivity contribution in [3.05, 3.63) is 28.8 Å². The molecule has 2 rings (SSSR count). The summed E-state index contributed by atoms with van der Waals surface area (Å²) in [6, 6.07) is 5.86. The molecule has 0 bridgehead atoms. The molecular weight excluding hydrogens is 312 g/mol. The molecule has 128 valence electrons. The highest BCUT2D eigenvalue weighted by molar-refractivity contribution is 6.30. The minimum absolute atomic E-state index is 0.206. The van der Waals surface area contributed by atoms with Gasteiger partial charge >= 0.3 is 6.09 Å². The first-order valence-electron chi connectivity index (χ1n) is 8.26. The Bertz CT molecular complexity index is 546. The van der Waals surface area contributed by atoms with E-state index in [9.17, 15) is 4.79 Å². The van der Waals surface area contributed by atoms with E-state index in [-0.39, 0.29) is 12.1 Å². The SMILES string of the molecule is CC(C)(C)OC(=O)NC1CCC(Cc2cc(Cl)ccc2N)CC1. The molecule has 5 heteroatoms. The molecule has 0 radical (unpaired) electrons. The zero-order valence-electron chi connectivity index (χ0n) is 14.2. The first-order valence-corrected chi connectivity index (χ1v) is 8.64. The molecule has 3 N–H and O–H groups in total. The van der Waals surface area contributed by atoms with E-state index < -0.39 is 5.60 Å². The summed E-state index contributed by atoms with van der Waals surface area (Å²) in [6.07, 6.45) is 4.74. The summed E-state index contributed by atoms with van der Waals surface area (Å²) in [5.41, 5.74) is 7.51. The zero-order valence-corrected chi connectivity index (χ0v) is 15.0. The van der Waals surface area contributed by atoms with Crippen molar-refractivity contribution in [1.82, 2.24) is 5.32 Å². The van der Waals surface area contributed by atoms with Crippen LogP contribution in [-0.2, 0) is 11.2 Å². The molecule has 1 saturated carbocycles. The second-order valence-corrected chi connectivity index (χ2v) is 7.85. The number of alkyl carbamates (subject to hydrolysis) is 1. The van der Waals surface area contributed by atoms with Gasteiger partial charge in [-0.2, -0.15) is 0 Å². The van der Waals surface area contributed by atoms with E-state index in [1.165, 1.54) is 0 Å². The van der Waals surface area contributed by atoms with Gasteiger partial charge in [0.15, 0.2) is 0 Å². The molecule has 1 aliphatic rings. The Morgan fingerprint density at radius 2 is 1.96 bits per heavy atom. The summed E-state index contributed by atoms with van der Waals surface area (Å²) >= 11 is 6.05.